The molecule has 0 atom stereocenters. The summed E-state index contributed by atoms with van der Waals surface area (Å²) in [5.41, 5.74) is -2.38. The molecule has 1 aliphatic heterocycles. The Morgan fingerprint density at radius 3 is 1.98 bits per heavy atom. The molecule has 0 spiro atoms. The fourth-order valence-electron chi connectivity index (χ4n) is 9.10. The predicted octanol–water partition coefficient (Wildman–Crippen LogP) is 9.51. The number of alkyl carbamates (subject to hydrolysis) is 1. The van der Waals surface area contributed by atoms with Crippen molar-refractivity contribution < 1.29 is 41.5 Å². The van der Waals surface area contributed by atoms with Gasteiger partial charge in [0, 0.05) is 31.8 Å². The topological polar surface area (TPSA) is 97.4 Å². The molecule has 2 aliphatic rings. The molecule has 1 fully saturated rings. The van der Waals surface area contributed by atoms with Crippen LogP contribution in [0.4, 0.5) is 23.7 Å². The zero-order valence-electron chi connectivity index (χ0n) is 36.9. The number of carbonyl (C=O) groups is 3. The molecule has 0 unspecified atom stereocenters. The van der Waals surface area contributed by atoms with Gasteiger partial charge in [-0.3, -0.25) is 9.59 Å². The van der Waals surface area contributed by atoms with Gasteiger partial charge in [-0.2, -0.15) is 13.2 Å². The van der Waals surface area contributed by atoms with Crippen LogP contribution in [-0.4, -0.2) is 68.5 Å². The highest BCUT2D eigenvalue weighted by molar-refractivity contribution is 6.99. The van der Waals surface area contributed by atoms with Gasteiger partial charge in [-0.05, 0) is 98.8 Å². The zero-order chi connectivity index (χ0) is 44.9. The molecule has 1 saturated carbocycles. The number of fused-ring (bicyclic) bond motifs is 1. The minimum Gasteiger partial charge on any atom is -0.476 e. The summed E-state index contributed by atoms with van der Waals surface area (Å²) in [5, 5.41) is 4.89. The molecule has 6 rings (SSSR count). The van der Waals surface area contributed by atoms with E-state index < -0.39 is 55.2 Å². The molecule has 9 nitrogen and oxygen atoms in total. The average Bonchev–Trinajstić information content (AvgIpc) is 3.23. The summed E-state index contributed by atoms with van der Waals surface area (Å²) in [4.78, 5) is 43.7. The van der Waals surface area contributed by atoms with Crippen molar-refractivity contribution in [2.24, 2.45) is 5.92 Å². The predicted molar refractivity (Wildman–Crippen MR) is 238 cm³/mol. The van der Waals surface area contributed by atoms with Crippen LogP contribution in [0.5, 0.6) is 5.75 Å². The second-order valence-corrected chi connectivity index (χ2v) is 22.5. The van der Waals surface area contributed by atoms with Crippen LogP contribution in [0, 0.1) is 5.92 Å². The lowest BCUT2D eigenvalue weighted by molar-refractivity contribution is -0.138. The van der Waals surface area contributed by atoms with Crippen molar-refractivity contribution in [1.82, 2.24) is 10.2 Å². The van der Waals surface area contributed by atoms with Gasteiger partial charge < -0.3 is 29.0 Å². The number of rotatable bonds is 14. The van der Waals surface area contributed by atoms with Crippen LogP contribution in [0.2, 0.25) is 5.04 Å². The van der Waals surface area contributed by atoms with Crippen LogP contribution in [0.3, 0.4) is 0 Å². The number of nitrogens with zero attached hydrogens (tertiary/aromatic N) is 2. The largest absolute Gasteiger partial charge is 0.476 e. The van der Waals surface area contributed by atoms with E-state index in [0.29, 0.717) is 25.4 Å². The van der Waals surface area contributed by atoms with Gasteiger partial charge in [-0.25, -0.2) is 4.79 Å². The van der Waals surface area contributed by atoms with Crippen molar-refractivity contribution in [2.45, 2.75) is 116 Å². The van der Waals surface area contributed by atoms with Gasteiger partial charge in [0.2, 0.25) is 0 Å². The van der Waals surface area contributed by atoms with Crippen LogP contribution in [0.15, 0.2) is 103 Å². The molecule has 3 amide bonds. The Kier molecular flexibility index (Phi) is 14.3. The Labute approximate surface area is 365 Å². The molecule has 1 aliphatic carbocycles. The third kappa shape index (κ3) is 10.2. The highest BCUT2D eigenvalue weighted by Gasteiger charge is 2.50. The van der Waals surface area contributed by atoms with Crippen LogP contribution in [0.1, 0.15) is 102 Å². The van der Waals surface area contributed by atoms with Crippen molar-refractivity contribution in [3.63, 3.8) is 0 Å². The number of halogens is 3. The Hall–Kier alpha value is -5.14. The van der Waals surface area contributed by atoms with E-state index in [4.69, 9.17) is 13.9 Å². The molecular formula is C49H60F3N3O6Si. The first kappa shape index (κ1) is 46.4. The van der Waals surface area contributed by atoms with Gasteiger partial charge in [0.1, 0.15) is 12.4 Å². The van der Waals surface area contributed by atoms with Gasteiger partial charge in [0.25, 0.3) is 20.1 Å². The normalized spacial score (nSPS) is 17.9. The number of hydrogen-bond acceptors (Lipinski definition) is 6. The van der Waals surface area contributed by atoms with Crippen LogP contribution < -0.4 is 25.3 Å². The monoisotopic (exact) mass is 871 g/mol. The summed E-state index contributed by atoms with van der Waals surface area (Å²) in [7, 11) is -2.71. The highest BCUT2D eigenvalue weighted by atomic mass is 28.4. The summed E-state index contributed by atoms with van der Waals surface area (Å²) >= 11 is 0. The number of alkyl halides is 3. The number of anilines is 1. The maximum Gasteiger partial charge on any atom is 0.417 e. The third-order valence-electron chi connectivity index (χ3n) is 12.1. The number of benzene rings is 4. The molecular weight excluding hydrogens is 812 g/mol. The fraction of sp³-hybridized carbons (Fsp3) is 0.449. The quantitative estimate of drug-likeness (QED) is 0.127. The summed E-state index contributed by atoms with van der Waals surface area (Å²) in [6, 6.07) is 31.4. The van der Waals surface area contributed by atoms with E-state index >= 15 is 0 Å². The Balaban J connectivity index is 1.17. The molecule has 13 heteroatoms. The molecule has 62 heavy (non-hydrogen) atoms. The first-order valence-corrected chi connectivity index (χ1v) is 23.5. The smallest absolute Gasteiger partial charge is 0.417 e. The van der Waals surface area contributed by atoms with Crippen molar-refractivity contribution in [1.29, 1.82) is 0 Å². The number of ether oxygens (including phenoxy) is 2. The number of carbonyl (C=O) groups excluding carboxylic acids is 3. The summed E-state index contributed by atoms with van der Waals surface area (Å²) < 4.78 is 63.0. The van der Waals surface area contributed by atoms with E-state index in [-0.39, 0.29) is 42.2 Å². The van der Waals surface area contributed by atoms with Crippen molar-refractivity contribution in [2.75, 3.05) is 24.6 Å². The minimum absolute atomic E-state index is 0.0263. The maximum atomic E-state index is 14.9. The van der Waals surface area contributed by atoms with E-state index in [9.17, 15) is 27.6 Å². The molecule has 4 aromatic carbocycles. The number of nitrogens with one attached hydrogen (secondary N) is 1. The molecule has 4 aromatic rings. The second-order valence-electron chi connectivity index (χ2n) is 18.2. The van der Waals surface area contributed by atoms with Gasteiger partial charge in [0.05, 0.1) is 16.8 Å². The lowest BCUT2D eigenvalue weighted by Gasteiger charge is -2.44. The lowest BCUT2D eigenvalue weighted by atomic mass is 9.83. The first-order valence-electron chi connectivity index (χ1n) is 21.6. The van der Waals surface area contributed by atoms with Crippen LogP contribution in [0.25, 0.3) is 0 Å². The van der Waals surface area contributed by atoms with Gasteiger partial charge in [0.15, 0.2) is 5.60 Å². The minimum atomic E-state index is -4.89. The van der Waals surface area contributed by atoms with E-state index in [2.05, 4.69) is 74.6 Å². The molecule has 0 bridgehead atoms. The van der Waals surface area contributed by atoms with Crippen LogP contribution in [-0.2, 0) is 26.7 Å². The van der Waals surface area contributed by atoms with Crippen LogP contribution >= 0.6 is 0 Å². The number of amides is 3. The number of hydrogen-bond donors (Lipinski definition) is 1. The van der Waals surface area contributed by atoms with E-state index in [0.717, 1.165) is 37.0 Å². The fourth-order valence-corrected chi connectivity index (χ4v) is 13.7. The molecule has 1 heterocycles. The summed E-state index contributed by atoms with van der Waals surface area (Å²) in [6.07, 6.45) is -1.92. The van der Waals surface area contributed by atoms with Gasteiger partial charge in [-0.1, -0.05) is 112 Å². The molecule has 0 radical (unpaired) electrons. The van der Waals surface area contributed by atoms with E-state index in [1.54, 1.807) is 4.90 Å². The summed E-state index contributed by atoms with van der Waals surface area (Å²) in [6.45, 7) is 13.8. The molecule has 1 N–H and O–H groups in total. The average molecular weight is 872 g/mol. The second kappa shape index (κ2) is 19.1. The summed E-state index contributed by atoms with van der Waals surface area (Å²) in [5.74, 6) is -1.14. The van der Waals surface area contributed by atoms with Gasteiger partial charge in [-0.15, -0.1) is 0 Å². The lowest BCUT2D eigenvalue weighted by Crippen LogP contribution is -2.66. The SMILES string of the molecule is CC(C)N(C(=O)c1cc2c(cc1C(F)(F)F)OC(C)(C)C(=O)N2CCNC(=O)OCc1ccccc1)[C@H]1CC[C@@H](CCO[Si](c2ccccc2)(c2ccccc2)C(C)(C)C)CC1. The highest BCUT2D eigenvalue weighted by Crippen LogP contribution is 2.45. The van der Waals surface area contributed by atoms with Crippen molar-refractivity contribution >= 4 is 42.3 Å². The van der Waals surface area contributed by atoms with Crippen molar-refractivity contribution in [3.05, 3.63) is 120 Å². The Morgan fingerprint density at radius 1 is 0.887 bits per heavy atom. The Bertz CT molecular complexity index is 2120. The van der Waals surface area contributed by atoms with Gasteiger partial charge >= 0.3 is 12.3 Å². The maximum absolute atomic E-state index is 14.9. The first-order chi connectivity index (χ1) is 29.3. The standard InChI is InChI=1S/C49H60F3N3O6Si/c1-34(2)55(37-25-23-35(24-26-37)27-30-60-62(47(3,4)5,38-19-13-9-14-20-38)39-21-15-10-16-22-39)44(56)40-31-42-43(32-41(40)49(50,51)52)61-48(6,7)45(57)54(42)29-28-53-46(58)59-33-36-17-11-8-12-18-36/h8-22,31-32,34-35,37H,23-30,33H2,1-7H3,(H,53,58)/t35-,37+. The van der Waals surface area contributed by atoms with Crippen molar-refractivity contribution in [3.8, 4) is 5.75 Å². The molecule has 332 valence electrons. The van der Waals surface area contributed by atoms with E-state index in [1.165, 1.54) is 29.1 Å². The zero-order valence-corrected chi connectivity index (χ0v) is 37.9. The Morgan fingerprint density at radius 2 is 1.45 bits per heavy atom. The third-order valence-corrected chi connectivity index (χ3v) is 17.2. The van der Waals surface area contributed by atoms with E-state index in [1.807, 2.05) is 56.3 Å². The molecule has 0 aromatic heterocycles. The molecule has 0 saturated heterocycles.